The van der Waals surface area contributed by atoms with Gasteiger partial charge in [0, 0.05) is 5.56 Å². The Labute approximate surface area is 162 Å². The molecule has 1 heterocycles. The average molecular weight is 409 g/mol. The quantitative estimate of drug-likeness (QED) is 0.584. The lowest BCUT2D eigenvalue weighted by molar-refractivity contribution is -0.137. The SMILES string of the molecule is Cc1ccccc1-c1nsc(SCC(=O)Nc2ccccc2C(F)(F)F)n1. The monoisotopic (exact) mass is 409 g/mol. The summed E-state index contributed by atoms with van der Waals surface area (Å²) in [7, 11) is 0. The number of rotatable bonds is 5. The molecule has 0 saturated carbocycles. The molecule has 140 valence electrons. The van der Waals surface area contributed by atoms with Gasteiger partial charge in [0.15, 0.2) is 10.2 Å². The van der Waals surface area contributed by atoms with Crippen LogP contribution in [0.25, 0.3) is 11.4 Å². The van der Waals surface area contributed by atoms with Gasteiger partial charge in [0.05, 0.1) is 17.0 Å². The number of halogens is 3. The lowest BCUT2D eigenvalue weighted by atomic mass is 10.1. The van der Waals surface area contributed by atoms with Gasteiger partial charge < -0.3 is 5.32 Å². The fourth-order valence-electron chi connectivity index (χ4n) is 2.35. The van der Waals surface area contributed by atoms with Crippen LogP contribution in [0, 0.1) is 6.92 Å². The Balaban J connectivity index is 1.64. The standard InChI is InChI=1S/C18H14F3N3OS2/c1-11-6-2-3-7-12(11)16-23-17(27-24-16)26-10-15(25)22-14-9-5-4-8-13(14)18(19,20)21/h2-9H,10H2,1H3,(H,22,25). The first kappa shape index (κ1) is 19.4. The first-order valence-electron chi connectivity index (χ1n) is 7.83. The molecule has 0 bridgehead atoms. The van der Waals surface area contributed by atoms with Gasteiger partial charge in [-0.05, 0) is 36.2 Å². The molecule has 2 aromatic carbocycles. The van der Waals surface area contributed by atoms with Crippen LogP contribution < -0.4 is 5.32 Å². The second kappa shape index (κ2) is 8.10. The molecule has 3 rings (SSSR count). The zero-order chi connectivity index (χ0) is 19.4. The van der Waals surface area contributed by atoms with Gasteiger partial charge in [-0.15, -0.1) is 0 Å². The number of hydrogen-bond acceptors (Lipinski definition) is 5. The maximum atomic E-state index is 13.0. The van der Waals surface area contributed by atoms with E-state index in [1.165, 1.54) is 18.2 Å². The number of amides is 1. The van der Waals surface area contributed by atoms with Gasteiger partial charge in [-0.25, -0.2) is 4.98 Å². The van der Waals surface area contributed by atoms with Gasteiger partial charge in [-0.3, -0.25) is 4.79 Å². The van der Waals surface area contributed by atoms with Crippen molar-refractivity contribution in [2.24, 2.45) is 0 Å². The molecule has 1 amide bonds. The average Bonchev–Trinajstić information content (AvgIpc) is 3.09. The lowest BCUT2D eigenvalue weighted by Crippen LogP contribution is -2.18. The molecule has 3 aromatic rings. The summed E-state index contributed by atoms with van der Waals surface area (Å²) in [5.41, 5.74) is 0.812. The Morgan fingerprint density at radius 2 is 1.85 bits per heavy atom. The number of aryl methyl sites for hydroxylation is 1. The lowest BCUT2D eigenvalue weighted by Gasteiger charge is -2.13. The van der Waals surface area contributed by atoms with E-state index < -0.39 is 17.6 Å². The van der Waals surface area contributed by atoms with E-state index in [1.807, 2.05) is 31.2 Å². The third kappa shape index (κ3) is 4.86. The van der Waals surface area contributed by atoms with Gasteiger partial charge in [0.2, 0.25) is 5.91 Å². The van der Waals surface area contributed by atoms with Crippen LogP contribution in [-0.4, -0.2) is 21.0 Å². The summed E-state index contributed by atoms with van der Waals surface area (Å²) >= 11 is 2.28. The topological polar surface area (TPSA) is 54.9 Å². The van der Waals surface area contributed by atoms with E-state index in [0.29, 0.717) is 10.2 Å². The molecular weight excluding hydrogens is 395 g/mol. The minimum absolute atomic E-state index is 0.0609. The molecule has 0 atom stereocenters. The van der Waals surface area contributed by atoms with Crippen LogP contribution in [0.4, 0.5) is 18.9 Å². The highest BCUT2D eigenvalue weighted by Crippen LogP contribution is 2.34. The Morgan fingerprint density at radius 1 is 1.15 bits per heavy atom. The third-order valence-corrected chi connectivity index (χ3v) is 5.46. The first-order chi connectivity index (χ1) is 12.8. The second-order valence-corrected chi connectivity index (χ2v) is 7.55. The predicted molar refractivity (Wildman–Crippen MR) is 101 cm³/mol. The van der Waals surface area contributed by atoms with E-state index in [9.17, 15) is 18.0 Å². The number of carbonyl (C=O) groups is 1. The van der Waals surface area contributed by atoms with Gasteiger partial charge in [-0.2, -0.15) is 17.5 Å². The maximum Gasteiger partial charge on any atom is 0.418 e. The number of benzene rings is 2. The number of thioether (sulfide) groups is 1. The van der Waals surface area contributed by atoms with Crippen LogP contribution >= 0.6 is 23.3 Å². The molecule has 0 fully saturated rings. The zero-order valence-corrected chi connectivity index (χ0v) is 15.7. The van der Waals surface area contributed by atoms with E-state index in [4.69, 9.17) is 0 Å². The molecule has 1 N–H and O–H groups in total. The van der Waals surface area contributed by atoms with Crippen LogP contribution in [-0.2, 0) is 11.0 Å². The minimum Gasteiger partial charge on any atom is -0.325 e. The van der Waals surface area contributed by atoms with Crippen molar-refractivity contribution >= 4 is 34.9 Å². The molecule has 0 radical (unpaired) electrons. The summed E-state index contributed by atoms with van der Waals surface area (Å²) < 4.78 is 43.8. The number of aromatic nitrogens is 2. The third-order valence-electron chi connectivity index (χ3n) is 3.63. The van der Waals surface area contributed by atoms with Crippen LogP contribution in [0.1, 0.15) is 11.1 Å². The first-order valence-corrected chi connectivity index (χ1v) is 9.59. The molecule has 0 aliphatic heterocycles. The minimum atomic E-state index is -4.53. The van der Waals surface area contributed by atoms with Gasteiger partial charge in [0.1, 0.15) is 0 Å². The molecule has 4 nitrogen and oxygen atoms in total. The molecule has 1 aromatic heterocycles. The van der Waals surface area contributed by atoms with E-state index in [-0.39, 0.29) is 11.4 Å². The molecule has 0 saturated heterocycles. The Hall–Kier alpha value is -2.39. The molecule has 0 aliphatic rings. The van der Waals surface area contributed by atoms with Crippen molar-refractivity contribution in [3.05, 3.63) is 59.7 Å². The number of carbonyl (C=O) groups excluding carboxylic acids is 1. The van der Waals surface area contributed by atoms with Crippen molar-refractivity contribution in [3.63, 3.8) is 0 Å². The number of nitrogens with zero attached hydrogens (tertiary/aromatic N) is 2. The number of hydrogen-bond donors (Lipinski definition) is 1. The number of nitrogens with one attached hydrogen (secondary N) is 1. The number of alkyl halides is 3. The van der Waals surface area contributed by atoms with Crippen molar-refractivity contribution in [1.82, 2.24) is 9.36 Å². The van der Waals surface area contributed by atoms with Crippen LogP contribution in [0.15, 0.2) is 52.9 Å². The summed E-state index contributed by atoms with van der Waals surface area (Å²) in [5, 5.41) is 2.31. The summed E-state index contributed by atoms with van der Waals surface area (Å²) in [6, 6.07) is 12.6. The normalized spacial score (nSPS) is 11.4. The molecule has 9 heteroatoms. The summed E-state index contributed by atoms with van der Waals surface area (Å²) in [6.07, 6.45) is -4.53. The van der Waals surface area contributed by atoms with E-state index >= 15 is 0 Å². The van der Waals surface area contributed by atoms with Crippen molar-refractivity contribution in [3.8, 4) is 11.4 Å². The van der Waals surface area contributed by atoms with Crippen molar-refractivity contribution < 1.29 is 18.0 Å². The summed E-state index contributed by atoms with van der Waals surface area (Å²) in [6.45, 7) is 1.95. The van der Waals surface area contributed by atoms with E-state index in [2.05, 4.69) is 14.7 Å². The van der Waals surface area contributed by atoms with Crippen molar-refractivity contribution in [1.29, 1.82) is 0 Å². The van der Waals surface area contributed by atoms with Crippen LogP contribution in [0.5, 0.6) is 0 Å². The Bertz CT molecular complexity index is 957. The molecule has 0 spiro atoms. The second-order valence-electron chi connectivity index (χ2n) is 5.58. The predicted octanol–water partition coefficient (Wildman–Crippen LogP) is 5.26. The largest absolute Gasteiger partial charge is 0.418 e. The summed E-state index contributed by atoms with van der Waals surface area (Å²) in [4.78, 5) is 16.4. The highest BCUT2D eigenvalue weighted by atomic mass is 32.2. The Morgan fingerprint density at radius 3 is 2.59 bits per heavy atom. The highest BCUT2D eigenvalue weighted by Gasteiger charge is 2.33. The maximum absolute atomic E-state index is 13.0. The van der Waals surface area contributed by atoms with Crippen molar-refractivity contribution in [2.75, 3.05) is 11.1 Å². The fourth-order valence-corrected chi connectivity index (χ4v) is 3.76. The molecule has 0 unspecified atom stereocenters. The molecule has 27 heavy (non-hydrogen) atoms. The molecule has 0 aliphatic carbocycles. The van der Waals surface area contributed by atoms with Crippen LogP contribution in [0.3, 0.4) is 0 Å². The van der Waals surface area contributed by atoms with E-state index in [1.54, 1.807) is 0 Å². The smallest absolute Gasteiger partial charge is 0.325 e. The number of anilines is 1. The highest BCUT2D eigenvalue weighted by molar-refractivity contribution is 8.01. The van der Waals surface area contributed by atoms with Crippen LogP contribution in [0.2, 0.25) is 0 Å². The number of para-hydroxylation sites is 1. The summed E-state index contributed by atoms with van der Waals surface area (Å²) in [5.74, 6) is -0.0259. The van der Waals surface area contributed by atoms with Gasteiger partial charge in [0.25, 0.3) is 0 Å². The van der Waals surface area contributed by atoms with Crippen molar-refractivity contribution in [2.45, 2.75) is 17.4 Å². The fraction of sp³-hybridized carbons (Fsp3) is 0.167. The van der Waals surface area contributed by atoms with E-state index in [0.717, 1.165) is 40.5 Å². The zero-order valence-electron chi connectivity index (χ0n) is 14.1. The van der Waals surface area contributed by atoms with Gasteiger partial charge in [-0.1, -0.05) is 48.2 Å². The molecular formula is C18H14F3N3OS2. The Kier molecular flexibility index (Phi) is 5.81. The van der Waals surface area contributed by atoms with Gasteiger partial charge >= 0.3 is 6.18 Å².